The van der Waals surface area contributed by atoms with Gasteiger partial charge in [-0.15, -0.1) is 5.10 Å². The Hall–Kier alpha value is -1.39. The smallest absolute Gasteiger partial charge is 0.0692 e. The second kappa shape index (κ2) is 6.37. The van der Waals surface area contributed by atoms with Crippen LogP contribution >= 0.6 is 11.6 Å². The number of benzene rings is 1. The van der Waals surface area contributed by atoms with Gasteiger partial charge in [-0.2, -0.15) is 0 Å². The molecule has 1 aliphatic rings. The van der Waals surface area contributed by atoms with Crippen LogP contribution in [0.15, 0.2) is 36.7 Å². The Labute approximate surface area is 124 Å². The van der Waals surface area contributed by atoms with E-state index in [2.05, 4.69) is 27.8 Å². The van der Waals surface area contributed by atoms with E-state index >= 15 is 0 Å². The quantitative estimate of drug-likeness (QED) is 0.832. The molecule has 0 atom stereocenters. The van der Waals surface area contributed by atoms with Gasteiger partial charge in [0.05, 0.1) is 6.20 Å². The molecule has 0 aliphatic heterocycles. The predicted molar refractivity (Wildman–Crippen MR) is 79.9 cm³/mol. The lowest BCUT2D eigenvalue weighted by molar-refractivity contribution is 0.288. The van der Waals surface area contributed by atoms with E-state index in [9.17, 15) is 0 Å². The first-order chi connectivity index (χ1) is 9.81. The van der Waals surface area contributed by atoms with Crippen LogP contribution in [0.4, 0.5) is 0 Å². The molecule has 20 heavy (non-hydrogen) atoms. The Morgan fingerprint density at radius 2 is 2.25 bits per heavy atom. The van der Waals surface area contributed by atoms with E-state index in [1.165, 1.54) is 18.4 Å². The van der Waals surface area contributed by atoms with Crippen LogP contribution in [-0.2, 0) is 6.54 Å². The molecular weight excluding hydrogens is 272 g/mol. The summed E-state index contributed by atoms with van der Waals surface area (Å²) in [6, 6.07) is 8.89. The van der Waals surface area contributed by atoms with E-state index in [4.69, 9.17) is 11.6 Å². The third kappa shape index (κ3) is 3.38. The molecule has 3 rings (SSSR count). The molecule has 2 aromatic rings. The molecule has 0 bridgehead atoms. The van der Waals surface area contributed by atoms with Crippen LogP contribution in [-0.4, -0.2) is 27.6 Å². The number of aromatic nitrogens is 3. The van der Waals surface area contributed by atoms with Crippen molar-refractivity contribution in [2.75, 3.05) is 6.54 Å². The van der Waals surface area contributed by atoms with Crippen LogP contribution in [0.3, 0.4) is 0 Å². The average molecular weight is 291 g/mol. The normalized spacial score (nSPS) is 21.6. The number of nitrogens with one attached hydrogen (secondary N) is 1. The van der Waals surface area contributed by atoms with Crippen LogP contribution in [0.25, 0.3) is 0 Å². The molecular formula is C15H19ClN4. The maximum Gasteiger partial charge on any atom is 0.0692 e. The summed E-state index contributed by atoms with van der Waals surface area (Å²) in [5.74, 6) is 0.668. The van der Waals surface area contributed by atoms with Gasteiger partial charge in [-0.1, -0.05) is 28.9 Å². The fourth-order valence-corrected chi connectivity index (χ4v) is 2.92. The molecule has 1 heterocycles. The summed E-state index contributed by atoms with van der Waals surface area (Å²) in [5.41, 5.74) is 1.37. The zero-order valence-corrected chi connectivity index (χ0v) is 12.1. The summed E-state index contributed by atoms with van der Waals surface area (Å²) >= 11 is 6.03. The van der Waals surface area contributed by atoms with Gasteiger partial charge in [0.1, 0.15) is 0 Å². The molecule has 1 aromatic carbocycles. The van der Waals surface area contributed by atoms with Crippen molar-refractivity contribution < 1.29 is 0 Å². The van der Waals surface area contributed by atoms with Gasteiger partial charge in [0.25, 0.3) is 0 Å². The van der Waals surface area contributed by atoms with Crippen molar-refractivity contribution in [1.82, 2.24) is 20.3 Å². The first-order valence-corrected chi connectivity index (χ1v) is 7.52. The molecule has 106 valence electrons. The fourth-order valence-electron chi connectivity index (χ4n) is 2.72. The van der Waals surface area contributed by atoms with E-state index in [0.29, 0.717) is 12.0 Å². The van der Waals surface area contributed by atoms with Crippen molar-refractivity contribution in [2.24, 2.45) is 0 Å². The van der Waals surface area contributed by atoms with Gasteiger partial charge in [-0.3, -0.25) is 4.68 Å². The number of halogens is 1. The number of rotatable bonds is 6. The van der Waals surface area contributed by atoms with Crippen LogP contribution < -0.4 is 5.32 Å². The topological polar surface area (TPSA) is 42.7 Å². The highest BCUT2D eigenvalue weighted by Crippen LogP contribution is 2.37. The van der Waals surface area contributed by atoms with Gasteiger partial charge < -0.3 is 5.32 Å². The van der Waals surface area contributed by atoms with E-state index in [-0.39, 0.29) is 0 Å². The van der Waals surface area contributed by atoms with Crippen molar-refractivity contribution in [1.29, 1.82) is 0 Å². The first kappa shape index (κ1) is 13.6. The van der Waals surface area contributed by atoms with E-state index in [0.717, 1.165) is 24.5 Å². The standard InChI is InChI=1S/C15H19ClN4/c16-14-4-1-3-12(9-14)13-10-15(11-13)17-5-2-7-20-8-6-18-19-20/h1,3-4,6,8-9,13,15,17H,2,5,7,10-11H2. The highest BCUT2D eigenvalue weighted by molar-refractivity contribution is 6.30. The van der Waals surface area contributed by atoms with Gasteiger partial charge in [0, 0.05) is 23.8 Å². The first-order valence-electron chi connectivity index (χ1n) is 7.14. The summed E-state index contributed by atoms with van der Waals surface area (Å²) in [7, 11) is 0. The maximum absolute atomic E-state index is 6.03. The summed E-state index contributed by atoms with van der Waals surface area (Å²) in [5, 5.41) is 12.2. The van der Waals surface area contributed by atoms with Crippen LogP contribution in [0.5, 0.6) is 0 Å². The molecule has 0 spiro atoms. The number of hydrogen-bond acceptors (Lipinski definition) is 3. The summed E-state index contributed by atoms with van der Waals surface area (Å²) in [6.45, 7) is 1.96. The average Bonchev–Trinajstić information content (AvgIpc) is 2.89. The summed E-state index contributed by atoms with van der Waals surface area (Å²) < 4.78 is 1.87. The van der Waals surface area contributed by atoms with Crippen molar-refractivity contribution in [3.63, 3.8) is 0 Å². The zero-order chi connectivity index (χ0) is 13.8. The molecule has 0 unspecified atom stereocenters. The van der Waals surface area contributed by atoms with Gasteiger partial charge in [0.15, 0.2) is 0 Å². The van der Waals surface area contributed by atoms with Gasteiger partial charge in [-0.25, -0.2) is 0 Å². The van der Waals surface area contributed by atoms with Crippen LogP contribution in [0, 0.1) is 0 Å². The second-order valence-electron chi connectivity index (χ2n) is 5.39. The van der Waals surface area contributed by atoms with E-state index in [1.54, 1.807) is 6.20 Å². The lowest BCUT2D eigenvalue weighted by Crippen LogP contribution is -2.40. The minimum atomic E-state index is 0.648. The van der Waals surface area contributed by atoms with Gasteiger partial charge >= 0.3 is 0 Å². The second-order valence-corrected chi connectivity index (χ2v) is 5.83. The highest BCUT2D eigenvalue weighted by Gasteiger charge is 2.29. The zero-order valence-electron chi connectivity index (χ0n) is 11.4. The van der Waals surface area contributed by atoms with Crippen LogP contribution in [0.1, 0.15) is 30.7 Å². The molecule has 1 aromatic heterocycles. The molecule has 1 N–H and O–H groups in total. The molecule has 5 heteroatoms. The Morgan fingerprint density at radius 1 is 1.35 bits per heavy atom. The highest BCUT2D eigenvalue weighted by atomic mass is 35.5. The number of hydrogen-bond donors (Lipinski definition) is 1. The third-order valence-electron chi connectivity index (χ3n) is 3.93. The Kier molecular flexibility index (Phi) is 4.33. The van der Waals surface area contributed by atoms with Crippen LogP contribution in [0.2, 0.25) is 5.02 Å². The summed E-state index contributed by atoms with van der Waals surface area (Å²) in [6.07, 6.45) is 7.13. The lowest BCUT2D eigenvalue weighted by Gasteiger charge is -2.36. The number of aryl methyl sites for hydroxylation is 1. The lowest BCUT2D eigenvalue weighted by atomic mass is 9.76. The number of nitrogens with zero attached hydrogens (tertiary/aromatic N) is 3. The van der Waals surface area contributed by atoms with Crippen molar-refractivity contribution in [3.8, 4) is 0 Å². The molecule has 0 saturated heterocycles. The SMILES string of the molecule is Clc1cccc(C2CC(NCCCn3ccnn3)C2)c1. The molecule has 4 nitrogen and oxygen atoms in total. The van der Waals surface area contributed by atoms with E-state index in [1.807, 2.05) is 23.0 Å². The summed E-state index contributed by atoms with van der Waals surface area (Å²) in [4.78, 5) is 0. The molecule has 1 aliphatic carbocycles. The van der Waals surface area contributed by atoms with E-state index < -0.39 is 0 Å². The Bertz CT molecular complexity index is 535. The Balaban J connectivity index is 1.34. The monoisotopic (exact) mass is 290 g/mol. The van der Waals surface area contributed by atoms with Gasteiger partial charge in [-0.05, 0) is 49.4 Å². The molecule has 0 radical (unpaired) electrons. The largest absolute Gasteiger partial charge is 0.314 e. The third-order valence-corrected chi connectivity index (χ3v) is 4.16. The fraction of sp³-hybridized carbons (Fsp3) is 0.467. The Morgan fingerprint density at radius 3 is 3.00 bits per heavy atom. The molecule has 1 saturated carbocycles. The van der Waals surface area contributed by atoms with Crippen molar-refractivity contribution in [3.05, 3.63) is 47.2 Å². The maximum atomic E-state index is 6.03. The molecule has 1 fully saturated rings. The predicted octanol–water partition coefficient (Wildman–Crippen LogP) is 2.86. The minimum Gasteiger partial charge on any atom is -0.314 e. The molecule has 0 amide bonds. The van der Waals surface area contributed by atoms with Crippen molar-refractivity contribution >= 4 is 11.6 Å². The van der Waals surface area contributed by atoms with Crippen molar-refractivity contribution in [2.45, 2.75) is 37.8 Å². The minimum absolute atomic E-state index is 0.648. The van der Waals surface area contributed by atoms with Gasteiger partial charge in [0.2, 0.25) is 0 Å².